The maximum absolute atomic E-state index is 13.5. The highest BCUT2D eigenvalue weighted by atomic mass is 79.9. The van der Waals surface area contributed by atoms with Gasteiger partial charge in [0.05, 0.1) is 27.8 Å². The van der Waals surface area contributed by atoms with Crippen LogP contribution in [0, 0.1) is 0 Å². The van der Waals surface area contributed by atoms with Gasteiger partial charge in [-0.25, -0.2) is 8.78 Å². The van der Waals surface area contributed by atoms with Crippen molar-refractivity contribution in [2.24, 2.45) is 0 Å². The van der Waals surface area contributed by atoms with Gasteiger partial charge in [-0.15, -0.1) is 0 Å². The molecule has 0 atom stereocenters. The molecule has 0 aliphatic heterocycles. The second-order valence-corrected chi connectivity index (χ2v) is 11.6. The summed E-state index contributed by atoms with van der Waals surface area (Å²) in [6.07, 6.45) is -14.9. The Morgan fingerprint density at radius 2 is 0.941 bits per heavy atom. The van der Waals surface area contributed by atoms with Gasteiger partial charge < -0.3 is 20.8 Å². The van der Waals surface area contributed by atoms with Crippen LogP contribution >= 0.6 is 27.5 Å². The minimum atomic E-state index is -5.04. The molecule has 0 fully saturated rings. The summed E-state index contributed by atoms with van der Waals surface area (Å²) >= 11 is 8.73. The van der Waals surface area contributed by atoms with Crippen LogP contribution in [0.5, 0.6) is 11.5 Å². The zero-order chi connectivity index (χ0) is 38.0. The smallest absolute Gasteiger partial charge is 0.416 e. The van der Waals surface area contributed by atoms with Crippen LogP contribution in [0.3, 0.4) is 0 Å². The zero-order valence-electron chi connectivity index (χ0n) is 24.6. The SMILES string of the molecule is C.CC(F)(F)c1cc(NC(=O)c2cc(Br)ccc2O)cc(C(F)(F)F)c1.O=C(Nc1cc(C(F)(F)F)cc(C(F)(F)F)c1)c1cc(Cl)ccc1O. The Morgan fingerprint density at radius 1 is 0.588 bits per heavy atom. The van der Waals surface area contributed by atoms with E-state index in [1.54, 1.807) is 0 Å². The van der Waals surface area contributed by atoms with Gasteiger partial charge in [0.15, 0.2) is 0 Å². The van der Waals surface area contributed by atoms with E-state index in [1.807, 2.05) is 5.32 Å². The highest BCUT2D eigenvalue weighted by Gasteiger charge is 2.37. The lowest BCUT2D eigenvalue weighted by atomic mass is 10.0. The second kappa shape index (κ2) is 15.8. The van der Waals surface area contributed by atoms with Crippen LogP contribution in [-0.2, 0) is 24.5 Å². The number of carbonyl (C=O) groups is 2. The molecule has 0 aliphatic carbocycles. The normalized spacial score (nSPS) is 11.9. The van der Waals surface area contributed by atoms with Crippen LogP contribution in [0.15, 0.2) is 77.3 Å². The predicted molar refractivity (Wildman–Crippen MR) is 169 cm³/mol. The van der Waals surface area contributed by atoms with Gasteiger partial charge in [-0.2, -0.15) is 39.5 Å². The van der Waals surface area contributed by atoms with Crippen molar-refractivity contribution in [2.45, 2.75) is 38.8 Å². The van der Waals surface area contributed by atoms with Crippen LogP contribution in [0.4, 0.5) is 59.7 Å². The number of anilines is 2. The number of benzene rings is 4. The Balaban J connectivity index is 0.000000347. The van der Waals surface area contributed by atoms with Crippen molar-refractivity contribution in [3.63, 3.8) is 0 Å². The molecule has 4 N–H and O–H groups in total. The molecule has 0 saturated carbocycles. The molecule has 0 unspecified atom stereocenters. The van der Waals surface area contributed by atoms with Crippen molar-refractivity contribution in [1.82, 2.24) is 0 Å². The number of alkyl halides is 11. The van der Waals surface area contributed by atoms with Gasteiger partial charge in [-0.3, -0.25) is 9.59 Å². The van der Waals surface area contributed by atoms with Gasteiger partial charge in [0, 0.05) is 33.4 Å². The number of carbonyl (C=O) groups excluding carboxylic acids is 2. The van der Waals surface area contributed by atoms with Gasteiger partial charge in [0.1, 0.15) is 11.5 Å². The summed E-state index contributed by atoms with van der Waals surface area (Å²) in [6, 6.07) is 9.50. The molecule has 4 aromatic carbocycles. The summed E-state index contributed by atoms with van der Waals surface area (Å²) in [4.78, 5) is 24.2. The summed E-state index contributed by atoms with van der Waals surface area (Å²) in [7, 11) is 0. The van der Waals surface area contributed by atoms with Crippen molar-refractivity contribution >= 4 is 50.7 Å². The monoisotopic (exact) mass is 822 g/mol. The van der Waals surface area contributed by atoms with E-state index in [1.165, 1.54) is 24.3 Å². The first-order chi connectivity index (χ1) is 22.8. The summed E-state index contributed by atoms with van der Waals surface area (Å²) in [5.74, 6) is -6.53. The number of halogens is 13. The van der Waals surface area contributed by atoms with Crippen LogP contribution in [0.25, 0.3) is 0 Å². The van der Waals surface area contributed by atoms with Crippen LogP contribution in [-0.4, -0.2) is 22.0 Å². The number of hydrogen-bond donors (Lipinski definition) is 4. The van der Waals surface area contributed by atoms with E-state index in [0.717, 1.165) is 18.2 Å². The Morgan fingerprint density at radius 3 is 1.33 bits per heavy atom. The highest BCUT2D eigenvalue weighted by Crippen LogP contribution is 2.39. The number of rotatable bonds is 5. The molecule has 4 aromatic rings. The summed E-state index contributed by atoms with van der Waals surface area (Å²) in [6.45, 7) is 0.453. The number of hydrogen-bond acceptors (Lipinski definition) is 4. The first-order valence-electron chi connectivity index (χ1n) is 13.3. The zero-order valence-corrected chi connectivity index (χ0v) is 26.9. The summed E-state index contributed by atoms with van der Waals surface area (Å²) < 4.78 is 143. The van der Waals surface area contributed by atoms with Crippen molar-refractivity contribution in [1.29, 1.82) is 0 Å². The molecule has 0 spiro atoms. The third-order valence-electron chi connectivity index (χ3n) is 6.28. The molecule has 0 heterocycles. The number of amides is 2. The Labute approximate surface area is 295 Å². The van der Waals surface area contributed by atoms with Gasteiger partial charge in [-0.05, 0) is 72.8 Å². The minimum Gasteiger partial charge on any atom is -0.507 e. The second-order valence-electron chi connectivity index (χ2n) is 10.2. The van der Waals surface area contributed by atoms with Gasteiger partial charge in [0.2, 0.25) is 0 Å². The van der Waals surface area contributed by atoms with Crippen molar-refractivity contribution in [2.75, 3.05) is 10.6 Å². The Bertz CT molecular complexity index is 1710. The number of nitrogens with one attached hydrogen (secondary N) is 2. The van der Waals surface area contributed by atoms with Gasteiger partial charge in [0.25, 0.3) is 17.7 Å². The Hall–Kier alpha value is -4.58. The fourth-order valence-corrected chi connectivity index (χ4v) is 4.45. The van der Waals surface area contributed by atoms with E-state index < -0.39 is 87.0 Å². The summed E-state index contributed by atoms with van der Waals surface area (Å²) in [5, 5.41) is 23.3. The van der Waals surface area contributed by atoms with Crippen LogP contribution in [0.2, 0.25) is 5.02 Å². The largest absolute Gasteiger partial charge is 0.507 e. The van der Waals surface area contributed by atoms with Crippen LogP contribution in [0.1, 0.15) is 57.3 Å². The fourth-order valence-electron chi connectivity index (χ4n) is 3.92. The molecule has 276 valence electrons. The minimum absolute atomic E-state index is 0. The molecule has 0 saturated heterocycles. The number of aromatic hydroxyl groups is 2. The van der Waals surface area contributed by atoms with Gasteiger partial charge >= 0.3 is 18.5 Å². The Kier molecular flexibility index (Phi) is 13.2. The number of phenolic OH excluding ortho intramolecular Hbond substituents is 2. The summed E-state index contributed by atoms with van der Waals surface area (Å²) in [5.41, 5.74) is -7.19. The molecule has 0 aliphatic rings. The average molecular weight is 824 g/mol. The van der Waals surface area contributed by atoms with Gasteiger partial charge in [-0.1, -0.05) is 35.0 Å². The molecule has 2 amide bonds. The van der Waals surface area contributed by atoms with E-state index in [0.29, 0.717) is 35.7 Å². The third kappa shape index (κ3) is 11.7. The van der Waals surface area contributed by atoms with Crippen molar-refractivity contribution in [3.05, 3.63) is 116 Å². The lowest BCUT2D eigenvalue weighted by Gasteiger charge is -2.17. The molecule has 0 bridgehead atoms. The molecular formula is C32H23BrClF11N2O4. The fraction of sp³-hybridized carbons (Fsp3) is 0.188. The lowest BCUT2D eigenvalue weighted by molar-refractivity contribution is -0.143. The quantitative estimate of drug-likeness (QED) is 0.151. The maximum atomic E-state index is 13.5. The first kappa shape index (κ1) is 42.6. The molecule has 19 heteroatoms. The predicted octanol–water partition coefficient (Wildman–Crippen LogP) is 11.5. The van der Waals surface area contributed by atoms with Crippen molar-refractivity contribution < 1.29 is 68.1 Å². The average Bonchev–Trinajstić information content (AvgIpc) is 2.97. The van der Waals surface area contributed by atoms with Crippen LogP contribution < -0.4 is 10.6 Å². The molecule has 4 rings (SSSR count). The molecule has 6 nitrogen and oxygen atoms in total. The topological polar surface area (TPSA) is 98.7 Å². The third-order valence-corrected chi connectivity index (χ3v) is 7.01. The maximum Gasteiger partial charge on any atom is 0.416 e. The highest BCUT2D eigenvalue weighted by molar-refractivity contribution is 9.10. The molecule has 0 radical (unpaired) electrons. The lowest BCUT2D eigenvalue weighted by Crippen LogP contribution is -2.16. The molecule has 0 aromatic heterocycles. The van der Waals surface area contributed by atoms with E-state index >= 15 is 0 Å². The van der Waals surface area contributed by atoms with E-state index in [4.69, 9.17) is 11.6 Å². The molecular weight excluding hydrogens is 801 g/mol. The number of phenols is 2. The van der Waals surface area contributed by atoms with E-state index in [-0.39, 0.29) is 24.1 Å². The standard InChI is InChI=1S/C16H11BrF5NO2.C15H8ClF6NO2.CH4/c1-15(18,19)8-4-9(16(20,21)22)6-11(5-8)23-14(25)12-7-10(17)2-3-13(12)24;16-9-1-2-12(24)11(6-9)13(25)23-10-4-7(14(17,18)19)3-8(5-10)15(20,21)22;/h2-7,24H,1H3,(H,23,25);1-6,24H,(H,23,25);1H4. The van der Waals surface area contributed by atoms with E-state index in [2.05, 4.69) is 21.2 Å². The first-order valence-corrected chi connectivity index (χ1v) is 14.4. The van der Waals surface area contributed by atoms with Crippen molar-refractivity contribution in [3.8, 4) is 11.5 Å². The molecule has 51 heavy (non-hydrogen) atoms. The van der Waals surface area contributed by atoms with E-state index in [9.17, 15) is 68.1 Å².